The van der Waals surface area contributed by atoms with Crippen LogP contribution < -0.4 is 0 Å². The molecule has 0 spiro atoms. The van der Waals surface area contributed by atoms with E-state index in [-0.39, 0.29) is 4.90 Å². The molecule has 7 heteroatoms. The van der Waals surface area contributed by atoms with Crippen LogP contribution in [0.25, 0.3) is 11.0 Å². The summed E-state index contributed by atoms with van der Waals surface area (Å²) in [5.41, 5.74) is 1.84. The van der Waals surface area contributed by atoms with Crippen molar-refractivity contribution < 1.29 is 8.42 Å². The van der Waals surface area contributed by atoms with Gasteiger partial charge in [-0.1, -0.05) is 12.1 Å². The molecule has 0 saturated heterocycles. The van der Waals surface area contributed by atoms with Gasteiger partial charge in [-0.05, 0) is 26.0 Å². The van der Waals surface area contributed by atoms with Gasteiger partial charge in [0, 0.05) is 7.05 Å². The lowest BCUT2D eigenvalue weighted by Crippen LogP contribution is -2.15. The van der Waals surface area contributed by atoms with Crippen molar-refractivity contribution in [3.63, 3.8) is 0 Å². The summed E-state index contributed by atoms with van der Waals surface area (Å²) in [6, 6.07) is 7.18. The molecule has 2 heterocycles. The smallest absolute Gasteiger partial charge is 0.272 e. The fourth-order valence-electron chi connectivity index (χ4n) is 2.26. The highest BCUT2D eigenvalue weighted by molar-refractivity contribution is 7.90. The minimum Gasteiger partial charge on any atom is -0.272 e. The van der Waals surface area contributed by atoms with E-state index in [1.54, 1.807) is 43.8 Å². The number of fused-ring (bicyclic) bond motifs is 1. The van der Waals surface area contributed by atoms with Crippen LogP contribution in [0, 0.1) is 13.8 Å². The predicted molar refractivity (Wildman–Crippen MR) is 75.0 cm³/mol. The lowest BCUT2D eigenvalue weighted by Gasteiger charge is -2.08. The fraction of sp³-hybridized carbons (Fsp3) is 0.231. The van der Waals surface area contributed by atoms with Gasteiger partial charge in [0.1, 0.15) is 10.7 Å². The highest BCUT2D eigenvalue weighted by Gasteiger charge is 2.26. The van der Waals surface area contributed by atoms with Crippen molar-refractivity contribution in [1.82, 2.24) is 18.7 Å². The number of aryl methyl sites for hydroxylation is 2. The number of aromatic nitrogens is 4. The van der Waals surface area contributed by atoms with Crippen molar-refractivity contribution in [2.24, 2.45) is 7.05 Å². The zero-order valence-electron chi connectivity index (χ0n) is 11.4. The summed E-state index contributed by atoms with van der Waals surface area (Å²) >= 11 is 0. The molecule has 0 aliphatic carbocycles. The van der Waals surface area contributed by atoms with Gasteiger partial charge in [0.25, 0.3) is 10.0 Å². The van der Waals surface area contributed by atoms with Crippen LogP contribution in [0.4, 0.5) is 0 Å². The van der Waals surface area contributed by atoms with E-state index < -0.39 is 10.0 Å². The number of nitrogens with zero attached hydrogens (tertiary/aromatic N) is 4. The molecule has 0 atom stereocenters. The summed E-state index contributed by atoms with van der Waals surface area (Å²) in [5.74, 6) is 0.439. The summed E-state index contributed by atoms with van der Waals surface area (Å²) in [5, 5.41) is 4.01. The summed E-state index contributed by atoms with van der Waals surface area (Å²) in [6.07, 6.45) is 1.37. The molecular weight excluding hydrogens is 276 g/mol. The first-order chi connectivity index (χ1) is 9.43. The minimum absolute atomic E-state index is 0.200. The van der Waals surface area contributed by atoms with E-state index in [2.05, 4.69) is 10.1 Å². The van der Waals surface area contributed by atoms with Gasteiger partial charge in [0.15, 0.2) is 0 Å². The number of para-hydroxylation sites is 2. The Kier molecular flexibility index (Phi) is 2.68. The van der Waals surface area contributed by atoms with E-state index in [1.165, 1.54) is 10.2 Å². The Labute approximate surface area is 116 Å². The number of hydrogen-bond donors (Lipinski definition) is 0. The average Bonchev–Trinajstić information content (AvgIpc) is 2.90. The van der Waals surface area contributed by atoms with Crippen LogP contribution in [0.15, 0.2) is 35.4 Å². The Hall–Kier alpha value is -2.15. The van der Waals surface area contributed by atoms with Crippen molar-refractivity contribution in [2.45, 2.75) is 18.7 Å². The van der Waals surface area contributed by atoms with E-state index in [9.17, 15) is 8.42 Å². The molecule has 0 aliphatic heterocycles. The molecule has 0 unspecified atom stereocenters. The van der Waals surface area contributed by atoms with E-state index >= 15 is 0 Å². The predicted octanol–water partition coefficient (Wildman–Crippen LogP) is 1.62. The zero-order valence-corrected chi connectivity index (χ0v) is 12.2. The van der Waals surface area contributed by atoms with Crippen molar-refractivity contribution in [3.8, 4) is 0 Å². The second-order valence-electron chi connectivity index (χ2n) is 4.64. The lowest BCUT2D eigenvalue weighted by atomic mass is 10.3. The minimum atomic E-state index is -3.69. The Bertz CT molecular complexity index is 906. The van der Waals surface area contributed by atoms with Gasteiger partial charge >= 0.3 is 0 Å². The van der Waals surface area contributed by atoms with Crippen LogP contribution in [0.2, 0.25) is 0 Å². The molecule has 0 aliphatic rings. The molecule has 0 fully saturated rings. The number of rotatable bonds is 2. The largest absolute Gasteiger partial charge is 0.273 e. The first-order valence-corrected chi connectivity index (χ1v) is 7.55. The molecule has 1 aromatic carbocycles. The Morgan fingerprint density at radius 2 is 1.85 bits per heavy atom. The molecule has 20 heavy (non-hydrogen) atoms. The molecule has 6 nitrogen and oxygen atoms in total. The molecule has 3 aromatic rings. The molecule has 0 N–H and O–H groups in total. The van der Waals surface area contributed by atoms with Gasteiger partial charge in [-0.2, -0.15) is 5.10 Å². The molecule has 104 valence electrons. The van der Waals surface area contributed by atoms with Crippen molar-refractivity contribution in [3.05, 3.63) is 42.0 Å². The van der Waals surface area contributed by atoms with Crippen LogP contribution in [-0.2, 0) is 17.1 Å². The van der Waals surface area contributed by atoms with E-state index in [1.807, 2.05) is 6.07 Å². The molecular formula is C13H14N4O2S. The van der Waals surface area contributed by atoms with Crippen LogP contribution in [0.5, 0.6) is 0 Å². The van der Waals surface area contributed by atoms with Gasteiger partial charge < -0.3 is 0 Å². The molecule has 0 radical (unpaired) electrons. The van der Waals surface area contributed by atoms with Gasteiger partial charge in [-0.3, -0.25) is 4.68 Å². The summed E-state index contributed by atoms with van der Waals surface area (Å²) in [7, 11) is -1.98. The van der Waals surface area contributed by atoms with E-state index in [4.69, 9.17) is 0 Å². The fourth-order valence-corrected chi connectivity index (χ4v) is 3.94. The first-order valence-electron chi connectivity index (χ1n) is 6.11. The molecule has 3 rings (SSSR count). The van der Waals surface area contributed by atoms with E-state index in [0.717, 1.165) is 0 Å². The van der Waals surface area contributed by atoms with Gasteiger partial charge in [-0.15, -0.1) is 0 Å². The maximum absolute atomic E-state index is 12.8. The summed E-state index contributed by atoms with van der Waals surface area (Å²) in [6.45, 7) is 3.41. The second-order valence-corrected chi connectivity index (χ2v) is 6.39. The topological polar surface area (TPSA) is 69.8 Å². The third kappa shape index (κ3) is 1.66. The normalized spacial score (nSPS) is 12.2. The quantitative estimate of drug-likeness (QED) is 0.719. The molecule has 2 aromatic heterocycles. The second kappa shape index (κ2) is 4.17. The maximum Gasteiger partial charge on any atom is 0.273 e. The SMILES string of the molecule is Cc1c(S(=O)(=O)n2c(C)nc3ccccc32)cnn1C. The summed E-state index contributed by atoms with van der Waals surface area (Å²) in [4.78, 5) is 4.50. The van der Waals surface area contributed by atoms with Crippen molar-refractivity contribution in [2.75, 3.05) is 0 Å². The maximum atomic E-state index is 12.8. The zero-order chi connectivity index (χ0) is 14.5. The average molecular weight is 290 g/mol. The van der Waals surface area contributed by atoms with Crippen LogP contribution in [-0.4, -0.2) is 27.2 Å². The number of imidazole rings is 1. The lowest BCUT2D eigenvalue weighted by molar-refractivity contribution is 0.586. The monoisotopic (exact) mass is 290 g/mol. The number of hydrogen-bond acceptors (Lipinski definition) is 4. The first kappa shape index (κ1) is 12.9. The third-order valence-electron chi connectivity index (χ3n) is 3.39. The van der Waals surface area contributed by atoms with Crippen LogP contribution in [0.3, 0.4) is 0 Å². The van der Waals surface area contributed by atoms with Gasteiger partial charge in [0.05, 0.1) is 22.9 Å². The Balaban J connectivity index is 2.35. The van der Waals surface area contributed by atoms with Gasteiger partial charge in [-0.25, -0.2) is 17.4 Å². The molecule has 0 saturated carbocycles. The Morgan fingerprint density at radius 3 is 2.50 bits per heavy atom. The van der Waals surface area contributed by atoms with Crippen LogP contribution in [0.1, 0.15) is 11.5 Å². The molecule has 0 amide bonds. The van der Waals surface area contributed by atoms with Gasteiger partial charge in [0.2, 0.25) is 0 Å². The van der Waals surface area contributed by atoms with E-state index in [0.29, 0.717) is 22.6 Å². The summed E-state index contributed by atoms with van der Waals surface area (Å²) < 4.78 is 28.5. The standard InChI is InChI=1S/C13H14N4O2S/c1-9-13(8-14-16(9)3)20(18,19)17-10(2)15-11-6-4-5-7-12(11)17/h4-8H,1-3H3. The number of benzene rings is 1. The Morgan fingerprint density at radius 1 is 1.15 bits per heavy atom. The molecule has 0 bridgehead atoms. The van der Waals surface area contributed by atoms with Crippen LogP contribution >= 0.6 is 0 Å². The highest BCUT2D eigenvalue weighted by atomic mass is 32.2. The third-order valence-corrected chi connectivity index (χ3v) is 5.28. The van der Waals surface area contributed by atoms with Crippen molar-refractivity contribution >= 4 is 21.1 Å². The highest BCUT2D eigenvalue weighted by Crippen LogP contribution is 2.24. The van der Waals surface area contributed by atoms with Crippen molar-refractivity contribution in [1.29, 1.82) is 0 Å².